The largest absolute Gasteiger partial charge is 0.497 e. The van der Waals surface area contributed by atoms with E-state index in [1.807, 2.05) is 23.1 Å². The predicted molar refractivity (Wildman–Crippen MR) is 116 cm³/mol. The summed E-state index contributed by atoms with van der Waals surface area (Å²) in [5.74, 6) is 1.30. The number of benzene rings is 2. The monoisotopic (exact) mass is 421 g/mol. The molecule has 4 rings (SSSR count). The first-order valence-corrected chi connectivity index (χ1v) is 9.96. The lowest BCUT2D eigenvalue weighted by atomic mass is 10.2. The van der Waals surface area contributed by atoms with E-state index in [1.165, 1.54) is 11.9 Å². The Balaban J connectivity index is 1.49. The summed E-state index contributed by atoms with van der Waals surface area (Å²) < 4.78 is 10.8. The van der Waals surface area contributed by atoms with Crippen LogP contribution in [0.5, 0.6) is 17.4 Å². The van der Waals surface area contributed by atoms with Crippen LogP contribution in [0.1, 0.15) is 5.56 Å². The standard InChI is InChI=1S/C22H23N5O4/c1-30-18-7-9-19(10-8-18)31-22-20(27(28)29)21(23-16-24-22)26-13-11-25(12-14-26)15-17-5-3-2-4-6-17/h2-10,16H,11-15H2,1H3. The zero-order valence-corrected chi connectivity index (χ0v) is 17.2. The summed E-state index contributed by atoms with van der Waals surface area (Å²) in [5.41, 5.74) is 1.02. The second kappa shape index (κ2) is 9.40. The maximum atomic E-state index is 11.9. The van der Waals surface area contributed by atoms with E-state index in [0.29, 0.717) is 24.6 Å². The van der Waals surface area contributed by atoms with E-state index in [-0.39, 0.29) is 17.4 Å². The van der Waals surface area contributed by atoms with E-state index < -0.39 is 4.92 Å². The fraction of sp³-hybridized carbons (Fsp3) is 0.273. The minimum atomic E-state index is -0.482. The topological polar surface area (TPSA) is 93.9 Å². The first-order valence-electron chi connectivity index (χ1n) is 9.96. The number of nitrogens with zero attached hydrogens (tertiary/aromatic N) is 5. The number of methoxy groups -OCH3 is 1. The van der Waals surface area contributed by atoms with Crippen LogP contribution in [0.4, 0.5) is 11.5 Å². The summed E-state index contributed by atoms with van der Waals surface area (Å²) in [4.78, 5) is 23.9. The van der Waals surface area contributed by atoms with Gasteiger partial charge in [-0.2, -0.15) is 4.98 Å². The molecule has 9 heteroatoms. The third-order valence-electron chi connectivity index (χ3n) is 5.15. The third-order valence-corrected chi connectivity index (χ3v) is 5.15. The van der Waals surface area contributed by atoms with Crippen molar-refractivity contribution in [3.8, 4) is 17.4 Å². The molecule has 0 spiro atoms. The summed E-state index contributed by atoms with van der Waals surface area (Å²) in [6.07, 6.45) is 1.30. The summed E-state index contributed by atoms with van der Waals surface area (Å²) in [6, 6.07) is 17.0. The molecule has 0 amide bonds. The molecular weight excluding hydrogens is 398 g/mol. The van der Waals surface area contributed by atoms with E-state index in [9.17, 15) is 10.1 Å². The normalized spacial score (nSPS) is 14.3. The lowest BCUT2D eigenvalue weighted by molar-refractivity contribution is -0.385. The number of anilines is 1. The highest BCUT2D eigenvalue weighted by atomic mass is 16.6. The number of ether oxygens (including phenoxy) is 2. The molecule has 0 radical (unpaired) electrons. The lowest BCUT2D eigenvalue weighted by Gasteiger charge is -2.35. The van der Waals surface area contributed by atoms with E-state index >= 15 is 0 Å². The molecule has 2 heterocycles. The van der Waals surface area contributed by atoms with Crippen molar-refractivity contribution < 1.29 is 14.4 Å². The van der Waals surface area contributed by atoms with Crippen LogP contribution in [-0.2, 0) is 6.54 Å². The van der Waals surface area contributed by atoms with Crippen LogP contribution in [0.25, 0.3) is 0 Å². The average molecular weight is 421 g/mol. The van der Waals surface area contributed by atoms with E-state index in [1.54, 1.807) is 31.4 Å². The number of rotatable bonds is 7. The van der Waals surface area contributed by atoms with E-state index in [0.717, 1.165) is 19.6 Å². The molecule has 0 atom stereocenters. The molecule has 0 saturated carbocycles. The van der Waals surface area contributed by atoms with Crippen molar-refractivity contribution in [3.05, 3.63) is 76.6 Å². The smallest absolute Gasteiger partial charge is 0.373 e. The van der Waals surface area contributed by atoms with Gasteiger partial charge in [0.05, 0.1) is 12.0 Å². The molecule has 0 aliphatic carbocycles. The number of piperazine rings is 1. The number of aromatic nitrogens is 2. The number of hydrogen-bond acceptors (Lipinski definition) is 8. The minimum absolute atomic E-state index is 0.0770. The van der Waals surface area contributed by atoms with Gasteiger partial charge < -0.3 is 14.4 Å². The van der Waals surface area contributed by atoms with Gasteiger partial charge in [0.2, 0.25) is 5.82 Å². The molecule has 160 valence electrons. The third kappa shape index (κ3) is 4.89. The molecule has 1 fully saturated rings. The fourth-order valence-electron chi connectivity index (χ4n) is 3.53. The van der Waals surface area contributed by atoms with Gasteiger partial charge in [0, 0.05) is 32.7 Å². The van der Waals surface area contributed by atoms with Crippen molar-refractivity contribution in [2.75, 3.05) is 38.2 Å². The Morgan fingerprint density at radius 1 is 0.968 bits per heavy atom. The molecule has 0 bridgehead atoms. The van der Waals surface area contributed by atoms with Gasteiger partial charge in [-0.15, -0.1) is 0 Å². The molecule has 1 saturated heterocycles. The first-order chi connectivity index (χ1) is 15.1. The van der Waals surface area contributed by atoms with Crippen molar-refractivity contribution in [2.24, 2.45) is 0 Å². The maximum absolute atomic E-state index is 11.9. The fourth-order valence-corrected chi connectivity index (χ4v) is 3.53. The van der Waals surface area contributed by atoms with Crippen molar-refractivity contribution in [3.63, 3.8) is 0 Å². The highest BCUT2D eigenvalue weighted by Crippen LogP contribution is 2.36. The van der Waals surface area contributed by atoms with Crippen molar-refractivity contribution in [1.29, 1.82) is 0 Å². The number of nitro groups is 1. The molecule has 9 nitrogen and oxygen atoms in total. The molecule has 2 aromatic carbocycles. The van der Waals surface area contributed by atoms with Crippen LogP contribution in [0.15, 0.2) is 60.9 Å². The molecular formula is C22H23N5O4. The van der Waals surface area contributed by atoms with Gasteiger partial charge in [-0.1, -0.05) is 30.3 Å². The van der Waals surface area contributed by atoms with Crippen LogP contribution in [0.2, 0.25) is 0 Å². The molecule has 31 heavy (non-hydrogen) atoms. The van der Waals surface area contributed by atoms with Gasteiger partial charge in [0.15, 0.2) is 0 Å². The summed E-state index contributed by atoms with van der Waals surface area (Å²) in [6.45, 7) is 3.68. The molecule has 0 N–H and O–H groups in total. The van der Waals surface area contributed by atoms with Gasteiger partial charge in [0.1, 0.15) is 17.8 Å². The SMILES string of the molecule is COc1ccc(Oc2ncnc(N3CCN(Cc4ccccc4)CC3)c2[N+](=O)[O-])cc1. The molecule has 1 aliphatic heterocycles. The van der Waals surface area contributed by atoms with Gasteiger partial charge in [0.25, 0.3) is 0 Å². The highest BCUT2D eigenvalue weighted by molar-refractivity contribution is 5.63. The maximum Gasteiger partial charge on any atom is 0.373 e. The molecule has 0 unspecified atom stereocenters. The molecule has 1 aliphatic rings. The Morgan fingerprint density at radius 2 is 1.65 bits per heavy atom. The van der Waals surface area contributed by atoms with Gasteiger partial charge >= 0.3 is 11.6 Å². The van der Waals surface area contributed by atoms with Crippen LogP contribution in [0.3, 0.4) is 0 Å². The Bertz CT molecular complexity index is 1020. The quantitative estimate of drug-likeness (QED) is 0.423. The van der Waals surface area contributed by atoms with Crippen molar-refractivity contribution >= 4 is 11.5 Å². The Morgan fingerprint density at radius 3 is 2.29 bits per heavy atom. The Kier molecular flexibility index (Phi) is 6.23. The molecule has 3 aromatic rings. The van der Waals surface area contributed by atoms with Crippen LogP contribution in [-0.4, -0.2) is 53.1 Å². The van der Waals surface area contributed by atoms with Gasteiger partial charge in [-0.25, -0.2) is 4.98 Å². The Labute approximate surface area is 180 Å². The summed E-state index contributed by atoms with van der Waals surface area (Å²) in [5, 5.41) is 11.9. The predicted octanol–water partition coefficient (Wildman–Crippen LogP) is 3.51. The average Bonchev–Trinajstić information content (AvgIpc) is 2.80. The minimum Gasteiger partial charge on any atom is -0.497 e. The zero-order valence-electron chi connectivity index (χ0n) is 17.2. The van der Waals surface area contributed by atoms with Gasteiger partial charge in [-0.05, 0) is 29.8 Å². The van der Waals surface area contributed by atoms with Crippen LogP contribution >= 0.6 is 0 Å². The second-order valence-electron chi connectivity index (χ2n) is 7.13. The summed E-state index contributed by atoms with van der Waals surface area (Å²) >= 11 is 0. The van der Waals surface area contributed by atoms with Crippen LogP contribution < -0.4 is 14.4 Å². The Hall–Kier alpha value is -3.72. The van der Waals surface area contributed by atoms with E-state index in [2.05, 4.69) is 27.0 Å². The zero-order chi connectivity index (χ0) is 21.6. The van der Waals surface area contributed by atoms with Gasteiger partial charge in [-0.3, -0.25) is 15.0 Å². The van der Waals surface area contributed by atoms with Crippen molar-refractivity contribution in [2.45, 2.75) is 6.54 Å². The summed E-state index contributed by atoms with van der Waals surface area (Å²) in [7, 11) is 1.57. The lowest BCUT2D eigenvalue weighted by Crippen LogP contribution is -2.46. The number of hydrogen-bond donors (Lipinski definition) is 0. The van der Waals surface area contributed by atoms with Crippen molar-refractivity contribution in [1.82, 2.24) is 14.9 Å². The van der Waals surface area contributed by atoms with Crippen LogP contribution in [0, 0.1) is 10.1 Å². The first kappa shape index (κ1) is 20.5. The highest BCUT2D eigenvalue weighted by Gasteiger charge is 2.30. The van der Waals surface area contributed by atoms with E-state index in [4.69, 9.17) is 9.47 Å². The second-order valence-corrected chi connectivity index (χ2v) is 7.13. The molecule has 1 aromatic heterocycles.